The second-order valence-corrected chi connectivity index (χ2v) is 6.54. The van der Waals surface area contributed by atoms with Crippen LogP contribution in [0.25, 0.3) is 22.6 Å². The quantitative estimate of drug-likeness (QED) is 0.459. The van der Waals surface area contributed by atoms with E-state index in [9.17, 15) is 0 Å². The van der Waals surface area contributed by atoms with Crippen LogP contribution < -0.4 is 0 Å². The minimum absolute atomic E-state index is 0.599. The van der Waals surface area contributed by atoms with Crippen molar-refractivity contribution in [2.75, 3.05) is 0 Å². The van der Waals surface area contributed by atoms with Gasteiger partial charge in [-0.15, -0.1) is 0 Å². The first-order chi connectivity index (χ1) is 12.3. The number of imidazole rings is 1. The van der Waals surface area contributed by atoms with Gasteiger partial charge in [0.1, 0.15) is 0 Å². The summed E-state index contributed by atoms with van der Waals surface area (Å²) >= 11 is 0. The standard InChI is InChI=1S/C22H22N2O/c1-3-16(2)18-12-10-17(11-13-18)15-24-20-8-5-4-7-19(20)23-22(24)21-9-6-14-25-21/h4-14,16H,3,15H2,1-2H3. The Labute approximate surface area is 147 Å². The molecule has 1 atom stereocenters. The van der Waals surface area contributed by atoms with Gasteiger partial charge in [-0.25, -0.2) is 4.98 Å². The summed E-state index contributed by atoms with van der Waals surface area (Å²) in [6.07, 6.45) is 2.86. The molecule has 4 aromatic rings. The third-order valence-electron chi connectivity index (χ3n) is 4.90. The fraction of sp³-hybridized carbons (Fsp3) is 0.227. The summed E-state index contributed by atoms with van der Waals surface area (Å²) in [5, 5.41) is 0. The Morgan fingerprint density at radius 2 is 1.80 bits per heavy atom. The van der Waals surface area contributed by atoms with Crippen LogP contribution in [0, 0.1) is 0 Å². The Bertz CT molecular complexity index is 965. The number of benzene rings is 2. The van der Waals surface area contributed by atoms with Crippen molar-refractivity contribution in [1.82, 2.24) is 9.55 Å². The van der Waals surface area contributed by atoms with E-state index in [1.54, 1.807) is 6.26 Å². The maximum Gasteiger partial charge on any atom is 0.177 e. The molecule has 0 amide bonds. The van der Waals surface area contributed by atoms with Gasteiger partial charge in [-0.1, -0.05) is 50.2 Å². The van der Waals surface area contributed by atoms with E-state index in [2.05, 4.69) is 54.8 Å². The molecule has 0 bridgehead atoms. The highest BCUT2D eigenvalue weighted by Crippen LogP contribution is 2.27. The van der Waals surface area contributed by atoms with Gasteiger partial charge in [-0.05, 0) is 47.7 Å². The van der Waals surface area contributed by atoms with Gasteiger partial charge in [0.15, 0.2) is 11.6 Å². The normalized spacial score (nSPS) is 12.6. The van der Waals surface area contributed by atoms with E-state index in [1.165, 1.54) is 11.1 Å². The van der Waals surface area contributed by atoms with Crippen LogP contribution in [0.2, 0.25) is 0 Å². The molecule has 0 aliphatic heterocycles. The van der Waals surface area contributed by atoms with Gasteiger partial charge in [0.05, 0.1) is 17.3 Å². The minimum Gasteiger partial charge on any atom is -0.461 e. The summed E-state index contributed by atoms with van der Waals surface area (Å²) in [6.45, 7) is 5.27. The summed E-state index contributed by atoms with van der Waals surface area (Å²) in [6, 6.07) is 21.0. The second-order valence-electron chi connectivity index (χ2n) is 6.54. The predicted molar refractivity (Wildman–Crippen MR) is 102 cm³/mol. The van der Waals surface area contributed by atoms with E-state index in [0.29, 0.717) is 5.92 Å². The number of rotatable bonds is 5. The van der Waals surface area contributed by atoms with Crippen LogP contribution in [0.4, 0.5) is 0 Å². The van der Waals surface area contributed by atoms with Crippen molar-refractivity contribution in [2.24, 2.45) is 0 Å². The van der Waals surface area contributed by atoms with Crippen LogP contribution in [0.15, 0.2) is 71.3 Å². The van der Waals surface area contributed by atoms with Crippen molar-refractivity contribution < 1.29 is 4.42 Å². The number of furan rings is 1. The van der Waals surface area contributed by atoms with Crippen LogP contribution >= 0.6 is 0 Å². The predicted octanol–water partition coefficient (Wildman–Crippen LogP) is 5.86. The van der Waals surface area contributed by atoms with Crippen LogP contribution in [0.1, 0.15) is 37.3 Å². The summed E-state index contributed by atoms with van der Waals surface area (Å²) < 4.78 is 7.84. The third-order valence-corrected chi connectivity index (χ3v) is 4.90. The second kappa shape index (κ2) is 6.60. The number of para-hydroxylation sites is 2. The number of hydrogen-bond acceptors (Lipinski definition) is 2. The molecular weight excluding hydrogens is 308 g/mol. The van der Waals surface area contributed by atoms with Gasteiger partial charge >= 0.3 is 0 Å². The Morgan fingerprint density at radius 1 is 1.00 bits per heavy atom. The topological polar surface area (TPSA) is 31.0 Å². The number of aromatic nitrogens is 2. The lowest BCUT2D eigenvalue weighted by molar-refractivity contribution is 0.572. The van der Waals surface area contributed by atoms with E-state index >= 15 is 0 Å². The molecule has 2 aromatic heterocycles. The molecule has 0 aliphatic carbocycles. The van der Waals surface area contributed by atoms with Crippen molar-refractivity contribution in [3.63, 3.8) is 0 Å². The molecular formula is C22H22N2O. The van der Waals surface area contributed by atoms with Crippen molar-refractivity contribution in [3.05, 3.63) is 78.1 Å². The zero-order chi connectivity index (χ0) is 17.2. The highest BCUT2D eigenvalue weighted by molar-refractivity contribution is 5.79. The molecule has 3 nitrogen and oxygen atoms in total. The lowest BCUT2D eigenvalue weighted by atomic mass is 9.98. The van der Waals surface area contributed by atoms with Crippen LogP contribution in [-0.4, -0.2) is 9.55 Å². The summed E-state index contributed by atoms with van der Waals surface area (Å²) in [5.41, 5.74) is 4.78. The minimum atomic E-state index is 0.599. The number of fused-ring (bicyclic) bond motifs is 1. The van der Waals surface area contributed by atoms with Gasteiger partial charge < -0.3 is 8.98 Å². The molecule has 4 rings (SSSR count). The molecule has 0 saturated heterocycles. The molecule has 0 spiro atoms. The van der Waals surface area contributed by atoms with Crippen LogP contribution in [-0.2, 0) is 6.54 Å². The van der Waals surface area contributed by atoms with Crippen LogP contribution in [0.3, 0.4) is 0 Å². The first-order valence-electron chi connectivity index (χ1n) is 8.84. The van der Waals surface area contributed by atoms with Crippen LogP contribution in [0.5, 0.6) is 0 Å². The average molecular weight is 330 g/mol. The summed E-state index contributed by atoms with van der Waals surface area (Å²) in [4.78, 5) is 4.78. The van der Waals surface area contributed by atoms with E-state index in [1.807, 2.05) is 24.3 Å². The summed E-state index contributed by atoms with van der Waals surface area (Å²) in [5.74, 6) is 2.27. The molecule has 2 aromatic carbocycles. The fourth-order valence-corrected chi connectivity index (χ4v) is 3.20. The monoisotopic (exact) mass is 330 g/mol. The molecule has 1 unspecified atom stereocenters. The van der Waals surface area contributed by atoms with Crippen molar-refractivity contribution in [1.29, 1.82) is 0 Å². The molecule has 2 heterocycles. The third kappa shape index (κ3) is 2.98. The maximum absolute atomic E-state index is 5.61. The molecule has 0 radical (unpaired) electrons. The van der Waals surface area contributed by atoms with Gasteiger partial charge in [-0.2, -0.15) is 0 Å². The number of nitrogens with zero attached hydrogens (tertiary/aromatic N) is 2. The summed E-state index contributed by atoms with van der Waals surface area (Å²) in [7, 11) is 0. The van der Waals surface area contributed by atoms with E-state index < -0.39 is 0 Å². The molecule has 25 heavy (non-hydrogen) atoms. The van der Waals surface area contributed by atoms with Gasteiger partial charge in [0.25, 0.3) is 0 Å². The fourth-order valence-electron chi connectivity index (χ4n) is 3.20. The van der Waals surface area contributed by atoms with E-state index in [-0.39, 0.29) is 0 Å². The zero-order valence-electron chi connectivity index (χ0n) is 14.6. The molecule has 3 heteroatoms. The molecule has 126 valence electrons. The van der Waals surface area contributed by atoms with Crippen molar-refractivity contribution in [3.8, 4) is 11.6 Å². The zero-order valence-corrected chi connectivity index (χ0v) is 14.6. The van der Waals surface area contributed by atoms with Gasteiger partial charge in [0.2, 0.25) is 0 Å². The molecule has 0 saturated carbocycles. The molecule has 0 N–H and O–H groups in total. The van der Waals surface area contributed by atoms with Crippen molar-refractivity contribution in [2.45, 2.75) is 32.7 Å². The van der Waals surface area contributed by atoms with Gasteiger partial charge in [0, 0.05) is 6.54 Å². The van der Waals surface area contributed by atoms with Crippen molar-refractivity contribution >= 4 is 11.0 Å². The Morgan fingerprint density at radius 3 is 2.52 bits per heavy atom. The highest BCUT2D eigenvalue weighted by atomic mass is 16.3. The Balaban J connectivity index is 1.74. The highest BCUT2D eigenvalue weighted by Gasteiger charge is 2.14. The SMILES string of the molecule is CCC(C)c1ccc(Cn2c(-c3ccco3)nc3ccccc32)cc1. The Kier molecular flexibility index (Phi) is 4.14. The Hall–Kier alpha value is -2.81. The first-order valence-corrected chi connectivity index (χ1v) is 8.84. The van der Waals surface area contributed by atoms with E-state index in [4.69, 9.17) is 9.40 Å². The first kappa shape index (κ1) is 15.7. The van der Waals surface area contributed by atoms with E-state index in [0.717, 1.165) is 35.6 Å². The maximum atomic E-state index is 5.61. The number of hydrogen-bond donors (Lipinski definition) is 0. The molecule has 0 aliphatic rings. The lowest BCUT2D eigenvalue weighted by Gasteiger charge is -2.11. The van der Waals surface area contributed by atoms with Gasteiger partial charge in [-0.3, -0.25) is 0 Å². The molecule has 0 fully saturated rings. The smallest absolute Gasteiger partial charge is 0.177 e. The average Bonchev–Trinajstić information content (AvgIpc) is 3.30. The largest absolute Gasteiger partial charge is 0.461 e. The lowest BCUT2D eigenvalue weighted by Crippen LogP contribution is -2.02.